The van der Waals surface area contributed by atoms with Crippen molar-refractivity contribution in [3.63, 3.8) is 0 Å². The zero-order valence-electron chi connectivity index (χ0n) is 41.5. The molecule has 74 heavy (non-hydrogen) atoms. The molecule has 1 atom stereocenters. The lowest BCUT2D eigenvalue weighted by Gasteiger charge is -2.36. The molecule has 14 rings (SSSR count). The molecule has 0 aliphatic heterocycles. The number of anilines is 3. The Morgan fingerprint density at radius 3 is 1.46 bits per heavy atom. The van der Waals surface area contributed by atoms with Crippen LogP contribution < -0.4 is 4.90 Å². The first kappa shape index (κ1) is 43.6. The minimum Gasteiger partial charge on any atom is -0.456 e. The van der Waals surface area contributed by atoms with Crippen molar-refractivity contribution in [1.29, 1.82) is 0 Å². The van der Waals surface area contributed by atoms with Gasteiger partial charge < -0.3 is 13.7 Å². The van der Waals surface area contributed by atoms with Gasteiger partial charge in [-0.15, -0.1) is 0 Å². The van der Waals surface area contributed by atoms with Crippen LogP contribution in [0.1, 0.15) is 48.6 Å². The molecule has 1 aliphatic rings. The highest BCUT2D eigenvalue weighted by atomic mass is 16.3. The first-order valence-corrected chi connectivity index (χ1v) is 25.6. The molecule has 13 aromatic rings. The molecule has 0 amide bonds. The number of hydrogen-bond acceptors (Lipinski definition) is 3. The van der Waals surface area contributed by atoms with Gasteiger partial charge in [-0.2, -0.15) is 0 Å². The molecule has 0 saturated carbocycles. The highest BCUT2D eigenvalue weighted by molar-refractivity contribution is 6.18. The summed E-state index contributed by atoms with van der Waals surface area (Å²) in [6, 6.07) is 93.0. The van der Waals surface area contributed by atoms with Crippen LogP contribution in [0.3, 0.4) is 0 Å². The topological polar surface area (TPSA) is 29.5 Å². The summed E-state index contributed by atoms with van der Waals surface area (Å²) in [4.78, 5) is 2.46. The largest absolute Gasteiger partial charge is 0.456 e. The predicted molar refractivity (Wildman–Crippen MR) is 308 cm³/mol. The van der Waals surface area contributed by atoms with Crippen molar-refractivity contribution in [1.82, 2.24) is 0 Å². The molecule has 0 spiro atoms. The van der Waals surface area contributed by atoms with E-state index in [9.17, 15) is 0 Å². The van der Waals surface area contributed by atoms with Gasteiger partial charge in [-0.3, -0.25) is 0 Å². The molecule has 3 heteroatoms. The van der Waals surface area contributed by atoms with Gasteiger partial charge in [0.15, 0.2) is 0 Å². The Morgan fingerprint density at radius 1 is 0.351 bits per heavy atom. The summed E-state index contributed by atoms with van der Waals surface area (Å²) in [6.45, 7) is 6.79. The molecule has 0 N–H and O–H groups in total. The highest BCUT2D eigenvalue weighted by Gasteiger charge is 2.48. The summed E-state index contributed by atoms with van der Waals surface area (Å²) in [5.41, 5.74) is 21.4. The lowest BCUT2D eigenvalue weighted by Crippen LogP contribution is -2.29. The molecule has 2 aromatic heterocycles. The van der Waals surface area contributed by atoms with E-state index in [1.54, 1.807) is 0 Å². The van der Waals surface area contributed by atoms with Crippen molar-refractivity contribution in [2.45, 2.75) is 31.6 Å². The third kappa shape index (κ3) is 6.81. The van der Waals surface area contributed by atoms with Gasteiger partial charge in [-0.25, -0.2) is 0 Å². The highest BCUT2D eigenvalue weighted by Crippen LogP contribution is 2.59. The fraction of sp³-hybridized carbons (Fsp3) is 0.0704. The van der Waals surface area contributed by atoms with Gasteiger partial charge >= 0.3 is 0 Å². The Labute approximate surface area is 431 Å². The molecule has 0 bridgehead atoms. The van der Waals surface area contributed by atoms with Crippen LogP contribution in [0.5, 0.6) is 0 Å². The predicted octanol–water partition coefficient (Wildman–Crippen LogP) is 19.6. The van der Waals surface area contributed by atoms with Crippen molar-refractivity contribution in [3.05, 3.63) is 283 Å². The standard InChI is InChI=1S/C71H51NO2/c1-70(2,3)51-39-35-47(36-40-51)50-38-42-64-59(44-50)68-62(32-18-34-66(68)74-64)72(61-31-17-33-65-67(61)58-43-49(37-41-63(58)73-65)46-19-7-4-8-20-46)54-26-15-25-53(45-54)71(52-23-11-6-12-24-52)60-30-14-13-27-56(60)57-29-16-28-55(69(57)71)48-21-9-5-10-22-48/h4-45H,1-3H3. The summed E-state index contributed by atoms with van der Waals surface area (Å²) in [5, 5.41) is 4.18. The maximum atomic E-state index is 6.84. The van der Waals surface area contributed by atoms with E-state index < -0.39 is 5.41 Å². The molecule has 0 radical (unpaired) electrons. The van der Waals surface area contributed by atoms with Crippen LogP contribution in [0, 0.1) is 0 Å². The van der Waals surface area contributed by atoms with Crippen LogP contribution in [0.15, 0.2) is 264 Å². The monoisotopic (exact) mass is 949 g/mol. The molecule has 352 valence electrons. The van der Waals surface area contributed by atoms with Crippen LogP contribution in [0.4, 0.5) is 17.1 Å². The summed E-state index contributed by atoms with van der Waals surface area (Å²) < 4.78 is 13.7. The van der Waals surface area contributed by atoms with Gasteiger partial charge in [0.1, 0.15) is 22.3 Å². The van der Waals surface area contributed by atoms with Crippen molar-refractivity contribution in [3.8, 4) is 44.5 Å². The Morgan fingerprint density at radius 2 is 0.838 bits per heavy atom. The number of nitrogens with zero attached hydrogens (tertiary/aromatic N) is 1. The molecule has 0 fully saturated rings. The SMILES string of the molecule is CC(C)(C)c1ccc(-c2ccc3oc4cccc(N(c5cccc(C6(c7ccccc7)c7ccccc7-c7cccc(-c8ccccc8)c76)c5)c5cccc6oc7ccc(-c8ccccc8)cc7c56)c4c3c2)cc1. The second kappa shape index (κ2) is 17.0. The molecular formula is C71H51NO2. The number of furan rings is 2. The van der Waals surface area contributed by atoms with E-state index in [0.29, 0.717) is 0 Å². The summed E-state index contributed by atoms with van der Waals surface area (Å²) in [6.07, 6.45) is 0. The van der Waals surface area contributed by atoms with Crippen molar-refractivity contribution in [2.24, 2.45) is 0 Å². The van der Waals surface area contributed by atoms with E-state index in [2.05, 4.69) is 280 Å². The van der Waals surface area contributed by atoms with Gasteiger partial charge in [0.25, 0.3) is 0 Å². The first-order chi connectivity index (χ1) is 36.3. The zero-order chi connectivity index (χ0) is 49.5. The normalized spacial score (nSPS) is 14.2. The average molecular weight is 950 g/mol. The molecule has 2 heterocycles. The third-order valence-electron chi connectivity index (χ3n) is 15.5. The average Bonchev–Trinajstić information content (AvgIpc) is 4.17. The number of hydrogen-bond donors (Lipinski definition) is 0. The van der Waals surface area contributed by atoms with Crippen LogP contribution >= 0.6 is 0 Å². The van der Waals surface area contributed by atoms with Crippen LogP contribution in [-0.4, -0.2) is 0 Å². The van der Waals surface area contributed by atoms with E-state index in [0.717, 1.165) is 77.6 Å². The van der Waals surface area contributed by atoms with Crippen LogP contribution in [-0.2, 0) is 10.8 Å². The fourth-order valence-corrected chi connectivity index (χ4v) is 12.1. The number of fused-ring (bicyclic) bond motifs is 9. The first-order valence-electron chi connectivity index (χ1n) is 25.6. The maximum absolute atomic E-state index is 6.84. The van der Waals surface area contributed by atoms with Gasteiger partial charge in [-0.1, -0.05) is 215 Å². The van der Waals surface area contributed by atoms with Crippen molar-refractivity contribution >= 4 is 60.9 Å². The van der Waals surface area contributed by atoms with E-state index in [1.807, 2.05) is 0 Å². The minimum atomic E-state index is -0.688. The summed E-state index contributed by atoms with van der Waals surface area (Å²) >= 11 is 0. The van der Waals surface area contributed by atoms with Gasteiger partial charge in [-0.05, 0) is 138 Å². The maximum Gasteiger partial charge on any atom is 0.137 e. The third-order valence-corrected chi connectivity index (χ3v) is 15.5. The Kier molecular flexibility index (Phi) is 10.00. The molecular weight excluding hydrogens is 899 g/mol. The molecule has 11 aromatic carbocycles. The molecule has 3 nitrogen and oxygen atoms in total. The summed E-state index contributed by atoms with van der Waals surface area (Å²) in [5.74, 6) is 0. The van der Waals surface area contributed by atoms with Gasteiger partial charge in [0.05, 0.1) is 27.6 Å². The zero-order valence-corrected chi connectivity index (χ0v) is 41.5. The van der Waals surface area contributed by atoms with Crippen molar-refractivity contribution < 1.29 is 8.83 Å². The second-order valence-electron chi connectivity index (χ2n) is 20.8. The lowest BCUT2D eigenvalue weighted by molar-refractivity contribution is 0.590. The second-order valence-corrected chi connectivity index (χ2v) is 20.8. The van der Waals surface area contributed by atoms with Gasteiger partial charge in [0.2, 0.25) is 0 Å². The smallest absolute Gasteiger partial charge is 0.137 e. The Balaban J connectivity index is 1.06. The Hall–Kier alpha value is -9.18. The number of rotatable bonds is 8. The molecule has 1 unspecified atom stereocenters. The van der Waals surface area contributed by atoms with E-state index >= 15 is 0 Å². The van der Waals surface area contributed by atoms with Crippen LogP contribution in [0.25, 0.3) is 88.4 Å². The number of benzene rings is 11. The summed E-state index contributed by atoms with van der Waals surface area (Å²) in [7, 11) is 0. The van der Waals surface area contributed by atoms with E-state index in [-0.39, 0.29) is 5.41 Å². The minimum absolute atomic E-state index is 0.0562. The molecule has 1 aliphatic carbocycles. The lowest BCUT2D eigenvalue weighted by atomic mass is 9.66. The van der Waals surface area contributed by atoms with E-state index in [1.165, 1.54) is 55.6 Å². The molecule has 0 saturated heterocycles. The van der Waals surface area contributed by atoms with E-state index in [4.69, 9.17) is 8.83 Å². The quantitative estimate of drug-likeness (QED) is 0.152. The Bertz CT molecular complexity index is 4270. The van der Waals surface area contributed by atoms with Gasteiger partial charge in [0, 0.05) is 16.5 Å². The van der Waals surface area contributed by atoms with Crippen molar-refractivity contribution in [2.75, 3.05) is 4.90 Å². The fourth-order valence-electron chi connectivity index (χ4n) is 12.1. The van der Waals surface area contributed by atoms with Crippen LogP contribution in [0.2, 0.25) is 0 Å².